The van der Waals surface area contributed by atoms with Crippen LogP contribution in [0.4, 0.5) is 5.82 Å². The molecule has 4 heteroatoms. The Kier molecular flexibility index (Phi) is 3.18. The Balaban J connectivity index is 1.65. The van der Waals surface area contributed by atoms with Gasteiger partial charge in [0.1, 0.15) is 0 Å². The fourth-order valence-electron chi connectivity index (χ4n) is 3.60. The Bertz CT molecular complexity index is 461. The molecule has 2 saturated carbocycles. The molecule has 0 aromatic carbocycles. The van der Waals surface area contributed by atoms with Crippen LogP contribution in [-0.4, -0.2) is 16.7 Å². The molecule has 2 aliphatic rings. The van der Waals surface area contributed by atoms with E-state index < -0.39 is 0 Å². The summed E-state index contributed by atoms with van der Waals surface area (Å²) < 4.78 is 0. The third kappa shape index (κ3) is 2.09. The lowest BCUT2D eigenvalue weighted by Gasteiger charge is -2.22. The largest absolute Gasteiger partial charge is 0.368 e. The molecule has 2 fully saturated rings. The van der Waals surface area contributed by atoms with Crippen molar-refractivity contribution in [1.82, 2.24) is 10.2 Å². The zero-order valence-electron chi connectivity index (χ0n) is 11.0. The van der Waals surface area contributed by atoms with Gasteiger partial charge in [-0.25, -0.2) is 0 Å². The van der Waals surface area contributed by atoms with Gasteiger partial charge in [0.2, 0.25) is 0 Å². The number of nitrogens with zero attached hydrogens (tertiary/aromatic N) is 2. The molecule has 0 aliphatic heterocycles. The molecular weight excluding hydrogens is 246 g/mol. The van der Waals surface area contributed by atoms with Gasteiger partial charge in [0.25, 0.3) is 0 Å². The molecular formula is C14H20ClN3. The number of hydrogen-bond donors (Lipinski definition) is 1. The monoisotopic (exact) mass is 265 g/mol. The molecule has 2 aliphatic carbocycles. The minimum Gasteiger partial charge on any atom is -0.368 e. The van der Waals surface area contributed by atoms with E-state index >= 15 is 0 Å². The summed E-state index contributed by atoms with van der Waals surface area (Å²) in [5, 5.41) is 12.1. The van der Waals surface area contributed by atoms with Gasteiger partial charge in [-0.05, 0) is 62.0 Å². The molecule has 0 amide bonds. The van der Waals surface area contributed by atoms with Crippen LogP contribution in [-0.2, 0) is 0 Å². The van der Waals surface area contributed by atoms with Crippen molar-refractivity contribution in [3.05, 3.63) is 16.3 Å². The van der Waals surface area contributed by atoms with Gasteiger partial charge < -0.3 is 5.32 Å². The number of anilines is 1. The maximum absolute atomic E-state index is 5.96. The first-order chi connectivity index (χ1) is 8.65. The molecule has 1 heterocycles. The van der Waals surface area contributed by atoms with Gasteiger partial charge in [0.15, 0.2) is 11.0 Å². The standard InChI is InChI=1S/C14H20ClN3/c1-8-9(2)14(18-17-13(8)15)16-7-12-6-10-3-4-11(12)5-10/h10-12H,3-7H2,1-2H3,(H,16,18). The van der Waals surface area contributed by atoms with Crippen molar-refractivity contribution in [3.63, 3.8) is 0 Å². The van der Waals surface area contributed by atoms with Crippen LogP contribution in [0.1, 0.15) is 36.8 Å². The van der Waals surface area contributed by atoms with E-state index in [4.69, 9.17) is 11.6 Å². The minimum absolute atomic E-state index is 0.512. The molecule has 2 bridgehead atoms. The van der Waals surface area contributed by atoms with Crippen LogP contribution < -0.4 is 5.32 Å². The Morgan fingerprint density at radius 1 is 1.17 bits per heavy atom. The summed E-state index contributed by atoms with van der Waals surface area (Å²) in [6.07, 6.45) is 5.74. The maximum atomic E-state index is 5.96. The predicted molar refractivity (Wildman–Crippen MR) is 73.9 cm³/mol. The van der Waals surface area contributed by atoms with E-state index in [1.807, 2.05) is 6.92 Å². The van der Waals surface area contributed by atoms with Gasteiger partial charge >= 0.3 is 0 Å². The number of nitrogens with one attached hydrogen (secondary N) is 1. The molecule has 1 N–H and O–H groups in total. The van der Waals surface area contributed by atoms with Crippen molar-refractivity contribution in [2.75, 3.05) is 11.9 Å². The normalized spacial score (nSPS) is 29.8. The van der Waals surface area contributed by atoms with Crippen LogP contribution in [0, 0.1) is 31.6 Å². The Morgan fingerprint density at radius 2 is 2.00 bits per heavy atom. The minimum atomic E-state index is 0.512. The molecule has 1 aromatic heterocycles. The third-order valence-corrected chi connectivity index (χ3v) is 5.24. The number of aromatic nitrogens is 2. The molecule has 3 unspecified atom stereocenters. The highest BCUT2D eigenvalue weighted by Crippen LogP contribution is 2.48. The van der Waals surface area contributed by atoms with Gasteiger partial charge in [-0.1, -0.05) is 18.0 Å². The van der Waals surface area contributed by atoms with Crippen LogP contribution in [0.15, 0.2) is 0 Å². The first-order valence-electron chi connectivity index (χ1n) is 6.88. The van der Waals surface area contributed by atoms with E-state index in [1.165, 1.54) is 25.7 Å². The lowest BCUT2D eigenvalue weighted by atomic mass is 9.89. The van der Waals surface area contributed by atoms with Crippen LogP contribution in [0.2, 0.25) is 5.15 Å². The second-order valence-electron chi connectivity index (χ2n) is 5.91. The molecule has 0 saturated heterocycles. The van der Waals surface area contributed by atoms with Crippen LogP contribution >= 0.6 is 11.6 Å². The van der Waals surface area contributed by atoms with Crippen molar-refractivity contribution in [2.24, 2.45) is 17.8 Å². The highest BCUT2D eigenvalue weighted by atomic mass is 35.5. The SMILES string of the molecule is Cc1c(Cl)nnc(NCC2CC3CCC2C3)c1C. The van der Waals surface area contributed by atoms with Crippen molar-refractivity contribution in [3.8, 4) is 0 Å². The number of fused-ring (bicyclic) bond motifs is 2. The highest BCUT2D eigenvalue weighted by molar-refractivity contribution is 6.30. The lowest BCUT2D eigenvalue weighted by Crippen LogP contribution is -2.21. The van der Waals surface area contributed by atoms with Crippen LogP contribution in [0.3, 0.4) is 0 Å². The van der Waals surface area contributed by atoms with E-state index in [-0.39, 0.29) is 0 Å². The fourth-order valence-corrected chi connectivity index (χ4v) is 3.78. The predicted octanol–water partition coefficient (Wildman–Crippen LogP) is 3.59. The van der Waals surface area contributed by atoms with Gasteiger partial charge in [-0.2, -0.15) is 0 Å². The maximum Gasteiger partial charge on any atom is 0.155 e. The Morgan fingerprint density at radius 3 is 2.67 bits per heavy atom. The van der Waals surface area contributed by atoms with Crippen molar-refractivity contribution in [1.29, 1.82) is 0 Å². The van der Waals surface area contributed by atoms with Crippen LogP contribution in [0.25, 0.3) is 0 Å². The quantitative estimate of drug-likeness (QED) is 0.908. The van der Waals surface area contributed by atoms with Crippen molar-refractivity contribution in [2.45, 2.75) is 39.5 Å². The van der Waals surface area contributed by atoms with Gasteiger partial charge in [0, 0.05) is 6.54 Å². The van der Waals surface area contributed by atoms with E-state index in [0.717, 1.165) is 41.2 Å². The summed E-state index contributed by atoms with van der Waals surface area (Å²) in [4.78, 5) is 0. The molecule has 1 aromatic rings. The summed E-state index contributed by atoms with van der Waals surface area (Å²) in [5.74, 6) is 3.69. The lowest BCUT2D eigenvalue weighted by molar-refractivity contribution is 0.348. The zero-order chi connectivity index (χ0) is 12.7. The summed E-state index contributed by atoms with van der Waals surface area (Å²) in [7, 11) is 0. The van der Waals surface area contributed by atoms with E-state index in [2.05, 4.69) is 22.4 Å². The van der Waals surface area contributed by atoms with E-state index in [1.54, 1.807) is 0 Å². The Labute approximate surface area is 113 Å². The summed E-state index contributed by atoms with van der Waals surface area (Å²) >= 11 is 5.96. The van der Waals surface area contributed by atoms with E-state index in [9.17, 15) is 0 Å². The Hall–Kier alpha value is -0.830. The number of hydrogen-bond acceptors (Lipinski definition) is 3. The van der Waals surface area contributed by atoms with E-state index in [0.29, 0.717) is 5.15 Å². The zero-order valence-corrected chi connectivity index (χ0v) is 11.8. The third-order valence-electron chi connectivity index (χ3n) is 4.88. The van der Waals surface area contributed by atoms with Crippen molar-refractivity contribution >= 4 is 17.4 Å². The number of rotatable bonds is 3. The molecule has 0 spiro atoms. The number of halogens is 1. The molecule has 18 heavy (non-hydrogen) atoms. The first-order valence-corrected chi connectivity index (χ1v) is 7.26. The highest BCUT2D eigenvalue weighted by Gasteiger charge is 2.39. The average molecular weight is 266 g/mol. The molecule has 0 radical (unpaired) electrons. The summed E-state index contributed by atoms with van der Waals surface area (Å²) in [5.41, 5.74) is 2.15. The topological polar surface area (TPSA) is 37.8 Å². The molecule has 3 nitrogen and oxygen atoms in total. The van der Waals surface area contributed by atoms with Crippen LogP contribution in [0.5, 0.6) is 0 Å². The first kappa shape index (κ1) is 12.2. The molecule has 98 valence electrons. The van der Waals surface area contributed by atoms with Gasteiger partial charge in [-0.3, -0.25) is 0 Å². The second kappa shape index (κ2) is 4.69. The van der Waals surface area contributed by atoms with Gasteiger partial charge in [-0.15, -0.1) is 10.2 Å². The second-order valence-corrected chi connectivity index (χ2v) is 6.26. The molecule has 3 rings (SSSR count). The van der Waals surface area contributed by atoms with Gasteiger partial charge in [0.05, 0.1) is 0 Å². The van der Waals surface area contributed by atoms with Crippen molar-refractivity contribution < 1.29 is 0 Å². The fraction of sp³-hybridized carbons (Fsp3) is 0.714. The average Bonchev–Trinajstić information content (AvgIpc) is 2.97. The summed E-state index contributed by atoms with van der Waals surface area (Å²) in [6.45, 7) is 5.09. The smallest absolute Gasteiger partial charge is 0.155 e. The molecule has 3 atom stereocenters. The summed E-state index contributed by atoms with van der Waals surface area (Å²) in [6, 6.07) is 0.